The quantitative estimate of drug-likeness (QED) is 0.521. The van der Waals surface area contributed by atoms with Crippen LogP contribution >= 0.6 is 0 Å². The lowest BCUT2D eigenvalue weighted by Crippen LogP contribution is -2.43. The summed E-state index contributed by atoms with van der Waals surface area (Å²) in [5.74, 6) is -1.36. The molecule has 0 unspecified atom stereocenters. The van der Waals surface area contributed by atoms with Gasteiger partial charge >= 0.3 is 19.3 Å². The molecule has 0 saturated carbocycles. The van der Waals surface area contributed by atoms with Crippen LogP contribution in [0.4, 0.5) is 13.2 Å². The second-order valence-electron chi connectivity index (χ2n) is 6.37. The molecule has 0 saturated heterocycles. The van der Waals surface area contributed by atoms with Crippen LogP contribution in [0.1, 0.15) is 21.5 Å². The van der Waals surface area contributed by atoms with E-state index in [9.17, 15) is 22.8 Å². The van der Waals surface area contributed by atoms with Crippen molar-refractivity contribution in [3.8, 4) is 0 Å². The van der Waals surface area contributed by atoms with Gasteiger partial charge in [-0.3, -0.25) is 4.79 Å². The van der Waals surface area contributed by atoms with Gasteiger partial charge in [-0.1, -0.05) is 24.3 Å². The summed E-state index contributed by atoms with van der Waals surface area (Å²) in [6.07, 6.45) is -4.37. The predicted molar refractivity (Wildman–Crippen MR) is 104 cm³/mol. The van der Waals surface area contributed by atoms with Crippen LogP contribution < -0.4 is 10.8 Å². The number of ether oxygens (including phenoxy) is 1. The average Bonchev–Trinajstić information content (AvgIpc) is 2.74. The number of nitrogens with one attached hydrogen (secondary N) is 1. The number of halogens is 3. The summed E-state index contributed by atoms with van der Waals surface area (Å²) >= 11 is 0. The molecule has 0 radical (unpaired) electrons. The summed E-state index contributed by atoms with van der Waals surface area (Å²) in [6.45, 7) is 0. The maximum absolute atomic E-state index is 12.7. The summed E-state index contributed by atoms with van der Waals surface area (Å²) in [4.78, 5) is 24.5. The van der Waals surface area contributed by atoms with E-state index in [1.807, 2.05) is 0 Å². The number of esters is 1. The van der Waals surface area contributed by atoms with Gasteiger partial charge in [-0.15, -0.1) is 0 Å². The number of benzene rings is 2. The van der Waals surface area contributed by atoms with E-state index >= 15 is 0 Å². The molecule has 2 aromatic rings. The van der Waals surface area contributed by atoms with Gasteiger partial charge in [0.1, 0.15) is 6.04 Å². The monoisotopic (exact) mass is 423 g/mol. The zero-order valence-electron chi connectivity index (χ0n) is 16.7. The summed E-state index contributed by atoms with van der Waals surface area (Å²) in [7, 11) is 3.66. The zero-order chi connectivity index (χ0) is 22.3. The molecular weight excluding hydrogens is 402 g/mol. The van der Waals surface area contributed by atoms with Gasteiger partial charge in [-0.25, -0.2) is 4.79 Å². The first-order valence-corrected chi connectivity index (χ1v) is 8.90. The zero-order valence-corrected chi connectivity index (χ0v) is 16.7. The van der Waals surface area contributed by atoms with Crippen molar-refractivity contribution in [2.24, 2.45) is 0 Å². The first-order valence-electron chi connectivity index (χ1n) is 8.90. The van der Waals surface area contributed by atoms with E-state index in [4.69, 9.17) is 14.0 Å². The molecule has 10 heteroatoms. The van der Waals surface area contributed by atoms with Crippen molar-refractivity contribution in [1.29, 1.82) is 0 Å². The van der Waals surface area contributed by atoms with Crippen LogP contribution in [-0.4, -0.2) is 46.4 Å². The molecule has 0 fully saturated rings. The molecule has 30 heavy (non-hydrogen) atoms. The van der Waals surface area contributed by atoms with Gasteiger partial charge in [0.25, 0.3) is 5.91 Å². The highest BCUT2D eigenvalue weighted by Gasteiger charge is 2.30. The third-order valence-corrected chi connectivity index (χ3v) is 4.39. The molecule has 0 aromatic heterocycles. The second kappa shape index (κ2) is 10.3. The van der Waals surface area contributed by atoms with Crippen LogP contribution in [0, 0.1) is 0 Å². The number of carbonyl (C=O) groups is 2. The largest absolute Gasteiger partial charge is 0.493 e. The lowest BCUT2D eigenvalue weighted by molar-refractivity contribution is -0.142. The van der Waals surface area contributed by atoms with Crippen LogP contribution in [0.15, 0.2) is 48.5 Å². The normalized spacial score (nSPS) is 12.2. The van der Waals surface area contributed by atoms with Crippen LogP contribution in [0.25, 0.3) is 0 Å². The summed E-state index contributed by atoms with van der Waals surface area (Å²) < 4.78 is 53.1. The molecule has 6 nitrogen and oxygen atoms in total. The average molecular weight is 423 g/mol. The Bertz CT molecular complexity index is 852. The van der Waals surface area contributed by atoms with Crippen molar-refractivity contribution >= 4 is 24.5 Å². The maximum atomic E-state index is 12.7. The molecule has 2 aromatic carbocycles. The number of amides is 1. The first kappa shape index (κ1) is 23.4. The number of carbonyl (C=O) groups excluding carboxylic acids is 2. The smallest absolute Gasteiger partial charge is 0.467 e. The van der Waals surface area contributed by atoms with Crippen LogP contribution in [0.3, 0.4) is 0 Å². The topological polar surface area (TPSA) is 73.9 Å². The van der Waals surface area contributed by atoms with Crippen molar-refractivity contribution in [2.45, 2.75) is 18.6 Å². The second-order valence-corrected chi connectivity index (χ2v) is 6.37. The highest BCUT2D eigenvalue weighted by atomic mass is 19.4. The third kappa shape index (κ3) is 6.07. The van der Waals surface area contributed by atoms with E-state index in [1.165, 1.54) is 21.3 Å². The van der Waals surface area contributed by atoms with E-state index in [0.29, 0.717) is 0 Å². The molecule has 0 aliphatic carbocycles. The van der Waals surface area contributed by atoms with Crippen molar-refractivity contribution in [3.05, 3.63) is 65.2 Å². The Morgan fingerprint density at radius 2 is 1.53 bits per heavy atom. The van der Waals surface area contributed by atoms with Crippen molar-refractivity contribution in [3.63, 3.8) is 0 Å². The van der Waals surface area contributed by atoms with Gasteiger partial charge in [0.05, 0.1) is 12.7 Å². The lowest BCUT2D eigenvalue weighted by Gasteiger charge is -2.17. The van der Waals surface area contributed by atoms with Crippen molar-refractivity contribution in [1.82, 2.24) is 5.32 Å². The Balaban J connectivity index is 2.12. The fourth-order valence-electron chi connectivity index (χ4n) is 2.80. The predicted octanol–water partition coefficient (Wildman–Crippen LogP) is 2.21. The van der Waals surface area contributed by atoms with Gasteiger partial charge in [0, 0.05) is 26.2 Å². The molecule has 2 rings (SSSR count). The fraction of sp³-hybridized carbons (Fsp3) is 0.300. The Labute approximate surface area is 172 Å². The van der Waals surface area contributed by atoms with Crippen LogP contribution in [0.2, 0.25) is 0 Å². The molecular formula is C20H21BF3NO5. The van der Waals surface area contributed by atoms with E-state index in [-0.39, 0.29) is 12.0 Å². The maximum Gasteiger partial charge on any atom is 0.493 e. The van der Waals surface area contributed by atoms with Crippen molar-refractivity contribution in [2.75, 3.05) is 21.3 Å². The molecule has 1 amide bonds. The molecule has 160 valence electrons. The van der Waals surface area contributed by atoms with Gasteiger partial charge < -0.3 is 19.4 Å². The highest BCUT2D eigenvalue weighted by Crippen LogP contribution is 2.29. The summed E-state index contributed by atoms with van der Waals surface area (Å²) in [5.41, 5.74) is 0.629. The Morgan fingerprint density at radius 3 is 2.00 bits per heavy atom. The standard InChI is InChI=1S/C20H21BF3NO5/c1-28-19(27)17(12-13-4-10-16(11-5-13)21(29-2)30-3)25-18(26)14-6-8-15(9-7-14)20(22,23)24/h4-11,17H,12H2,1-3H3,(H,25,26)/t17-/m1/s1. The minimum Gasteiger partial charge on any atom is -0.467 e. The van der Waals surface area contributed by atoms with Gasteiger partial charge in [-0.2, -0.15) is 13.2 Å². The Morgan fingerprint density at radius 1 is 0.967 bits per heavy atom. The summed E-state index contributed by atoms with van der Waals surface area (Å²) in [5, 5.41) is 2.51. The molecule has 0 aliphatic heterocycles. The van der Waals surface area contributed by atoms with E-state index < -0.39 is 36.8 Å². The Kier molecular flexibility index (Phi) is 8.02. The third-order valence-electron chi connectivity index (χ3n) is 4.39. The SMILES string of the molecule is COB(OC)c1ccc(C[C@@H](NC(=O)c2ccc(C(F)(F)F)cc2)C(=O)OC)cc1. The number of hydrogen-bond donors (Lipinski definition) is 1. The van der Waals surface area contributed by atoms with Crippen molar-refractivity contribution < 1.29 is 36.8 Å². The highest BCUT2D eigenvalue weighted by molar-refractivity contribution is 6.61. The molecule has 0 spiro atoms. The first-order chi connectivity index (χ1) is 14.2. The minimum absolute atomic E-state index is 0.00437. The summed E-state index contributed by atoms with van der Waals surface area (Å²) in [6, 6.07) is 9.73. The molecule has 0 heterocycles. The van der Waals surface area contributed by atoms with E-state index in [0.717, 1.165) is 35.3 Å². The molecule has 0 aliphatic rings. The molecule has 1 N–H and O–H groups in total. The van der Waals surface area contributed by atoms with Gasteiger partial charge in [0.2, 0.25) is 0 Å². The molecule has 1 atom stereocenters. The van der Waals surface area contributed by atoms with E-state index in [1.54, 1.807) is 24.3 Å². The number of hydrogen-bond acceptors (Lipinski definition) is 5. The number of alkyl halides is 3. The fourth-order valence-corrected chi connectivity index (χ4v) is 2.80. The van der Waals surface area contributed by atoms with Crippen LogP contribution in [-0.2, 0) is 31.4 Å². The number of rotatable bonds is 8. The Hall–Kier alpha value is -2.85. The van der Waals surface area contributed by atoms with E-state index in [2.05, 4.69) is 5.32 Å². The number of methoxy groups -OCH3 is 1. The minimum atomic E-state index is -4.50. The van der Waals surface area contributed by atoms with Crippen LogP contribution in [0.5, 0.6) is 0 Å². The molecule has 0 bridgehead atoms. The van der Waals surface area contributed by atoms with Gasteiger partial charge in [0.15, 0.2) is 0 Å². The lowest BCUT2D eigenvalue weighted by atomic mass is 9.78. The van der Waals surface area contributed by atoms with Gasteiger partial charge in [-0.05, 0) is 35.3 Å².